The van der Waals surface area contributed by atoms with Gasteiger partial charge >= 0.3 is 6.61 Å². The monoisotopic (exact) mass is 327 g/mol. The van der Waals surface area contributed by atoms with Gasteiger partial charge in [-0.1, -0.05) is 12.1 Å². The van der Waals surface area contributed by atoms with E-state index >= 15 is 0 Å². The van der Waals surface area contributed by atoms with Crippen LogP contribution in [0.1, 0.15) is 15.2 Å². The van der Waals surface area contributed by atoms with Gasteiger partial charge in [-0.15, -0.1) is 11.3 Å². The van der Waals surface area contributed by atoms with Crippen LogP contribution in [0.25, 0.3) is 0 Å². The van der Waals surface area contributed by atoms with Crippen molar-refractivity contribution in [3.05, 3.63) is 46.2 Å². The first-order chi connectivity index (χ1) is 10.6. The fourth-order valence-corrected chi connectivity index (χ4v) is 2.62. The van der Waals surface area contributed by atoms with Crippen LogP contribution in [-0.4, -0.2) is 26.2 Å². The topological polar surface area (TPSA) is 47.6 Å². The molecule has 1 N–H and O–H groups in total. The standard InChI is InChI=1S/C15H15F2NO3S/c1-20-12-6-2-5-11(13(12)21-15(16)17)14(19)18-8-7-10-4-3-9-22-10/h2-6,9,15H,7-8H2,1H3,(H,18,19). The first kappa shape index (κ1) is 16.2. The van der Waals surface area contributed by atoms with E-state index in [9.17, 15) is 13.6 Å². The molecule has 0 saturated carbocycles. The van der Waals surface area contributed by atoms with Crippen molar-refractivity contribution in [3.8, 4) is 11.5 Å². The van der Waals surface area contributed by atoms with E-state index in [-0.39, 0.29) is 17.1 Å². The van der Waals surface area contributed by atoms with E-state index in [0.717, 1.165) is 4.88 Å². The van der Waals surface area contributed by atoms with Crippen LogP contribution in [0.5, 0.6) is 11.5 Å². The summed E-state index contributed by atoms with van der Waals surface area (Å²) in [6.07, 6.45) is 0.679. The maximum Gasteiger partial charge on any atom is 0.387 e. The van der Waals surface area contributed by atoms with Crippen molar-refractivity contribution in [1.82, 2.24) is 5.32 Å². The lowest BCUT2D eigenvalue weighted by Crippen LogP contribution is -2.26. The molecule has 1 amide bonds. The van der Waals surface area contributed by atoms with E-state index in [1.54, 1.807) is 17.4 Å². The lowest BCUT2D eigenvalue weighted by atomic mass is 10.1. The second-order valence-corrected chi connectivity index (χ2v) is 5.33. The van der Waals surface area contributed by atoms with E-state index in [1.165, 1.54) is 19.2 Å². The summed E-state index contributed by atoms with van der Waals surface area (Å²) in [5.41, 5.74) is 0.0193. The Labute approximate surface area is 130 Å². The van der Waals surface area contributed by atoms with E-state index in [0.29, 0.717) is 13.0 Å². The van der Waals surface area contributed by atoms with Crippen LogP contribution in [0.3, 0.4) is 0 Å². The molecule has 0 saturated heterocycles. The van der Waals surface area contributed by atoms with Gasteiger partial charge in [-0.2, -0.15) is 8.78 Å². The molecule has 1 aromatic heterocycles. The average Bonchev–Trinajstić information content (AvgIpc) is 3.00. The van der Waals surface area contributed by atoms with E-state index in [1.807, 2.05) is 17.5 Å². The fraction of sp³-hybridized carbons (Fsp3) is 0.267. The summed E-state index contributed by atoms with van der Waals surface area (Å²) in [6, 6.07) is 8.32. The lowest BCUT2D eigenvalue weighted by Gasteiger charge is -2.14. The number of hydrogen-bond acceptors (Lipinski definition) is 4. The van der Waals surface area contributed by atoms with Crippen molar-refractivity contribution < 1.29 is 23.0 Å². The predicted molar refractivity (Wildman–Crippen MR) is 80.0 cm³/mol. The zero-order chi connectivity index (χ0) is 15.9. The van der Waals surface area contributed by atoms with Gasteiger partial charge in [0, 0.05) is 11.4 Å². The van der Waals surface area contributed by atoms with Crippen molar-refractivity contribution in [2.75, 3.05) is 13.7 Å². The third-order valence-electron chi connectivity index (χ3n) is 2.89. The Balaban J connectivity index is 2.07. The highest BCUT2D eigenvalue weighted by atomic mass is 32.1. The molecule has 4 nitrogen and oxygen atoms in total. The zero-order valence-corrected chi connectivity index (χ0v) is 12.7. The largest absolute Gasteiger partial charge is 0.493 e. The SMILES string of the molecule is COc1cccc(C(=O)NCCc2cccs2)c1OC(F)F. The highest BCUT2D eigenvalue weighted by Gasteiger charge is 2.19. The van der Waals surface area contributed by atoms with Crippen LogP contribution < -0.4 is 14.8 Å². The van der Waals surface area contributed by atoms with Crippen LogP contribution in [0.15, 0.2) is 35.7 Å². The number of carbonyl (C=O) groups excluding carboxylic acids is 1. The number of nitrogens with one attached hydrogen (secondary N) is 1. The molecule has 1 aromatic carbocycles. The summed E-state index contributed by atoms with van der Waals surface area (Å²) in [7, 11) is 1.33. The molecule has 118 valence electrons. The maximum absolute atomic E-state index is 12.5. The Morgan fingerprint density at radius 2 is 2.14 bits per heavy atom. The van der Waals surface area contributed by atoms with Gasteiger partial charge in [-0.25, -0.2) is 0 Å². The Bertz CT molecular complexity index is 617. The van der Waals surface area contributed by atoms with Gasteiger partial charge in [0.1, 0.15) is 0 Å². The number of carbonyl (C=O) groups is 1. The molecule has 0 aliphatic rings. The number of ether oxygens (including phenoxy) is 2. The van der Waals surface area contributed by atoms with Crippen LogP contribution in [0.4, 0.5) is 8.78 Å². The zero-order valence-electron chi connectivity index (χ0n) is 11.8. The molecule has 0 bridgehead atoms. The average molecular weight is 327 g/mol. The third kappa shape index (κ3) is 4.17. The molecule has 0 aliphatic heterocycles. The molecule has 1 heterocycles. The number of benzene rings is 1. The number of methoxy groups -OCH3 is 1. The molecule has 22 heavy (non-hydrogen) atoms. The van der Waals surface area contributed by atoms with Crippen molar-refractivity contribution in [2.45, 2.75) is 13.0 Å². The minimum absolute atomic E-state index is 0.0193. The van der Waals surface area contributed by atoms with Gasteiger partial charge in [0.05, 0.1) is 12.7 Å². The van der Waals surface area contributed by atoms with Gasteiger partial charge in [-0.05, 0) is 30.0 Å². The van der Waals surface area contributed by atoms with Crippen LogP contribution >= 0.6 is 11.3 Å². The molecular weight excluding hydrogens is 312 g/mol. The number of amides is 1. The second kappa shape index (κ2) is 7.74. The van der Waals surface area contributed by atoms with Crippen LogP contribution in [-0.2, 0) is 6.42 Å². The van der Waals surface area contributed by atoms with Crippen molar-refractivity contribution in [3.63, 3.8) is 0 Å². The van der Waals surface area contributed by atoms with Gasteiger partial charge < -0.3 is 14.8 Å². The molecule has 0 aliphatic carbocycles. The van der Waals surface area contributed by atoms with Crippen LogP contribution in [0.2, 0.25) is 0 Å². The normalized spacial score (nSPS) is 10.5. The van der Waals surface area contributed by atoms with E-state index in [4.69, 9.17) is 4.74 Å². The van der Waals surface area contributed by atoms with Gasteiger partial charge in [0.15, 0.2) is 11.5 Å². The first-order valence-corrected chi connectivity index (χ1v) is 7.42. The Hall–Kier alpha value is -2.15. The van der Waals surface area contributed by atoms with Gasteiger partial charge in [-0.3, -0.25) is 4.79 Å². The summed E-state index contributed by atoms with van der Waals surface area (Å²) >= 11 is 1.59. The third-order valence-corrected chi connectivity index (χ3v) is 3.82. The van der Waals surface area contributed by atoms with Crippen molar-refractivity contribution in [1.29, 1.82) is 0 Å². The number of rotatable bonds is 7. The van der Waals surface area contributed by atoms with Crippen LogP contribution in [0, 0.1) is 0 Å². The molecule has 0 fully saturated rings. The quantitative estimate of drug-likeness (QED) is 0.848. The van der Waals surface area contributed by atoms with Crippen molar-refractivity contribution >= 4 is 17.2 Å². The number of hydrogen-bond donors (Lipinski definition) is 1. The maximum atomic E-state index is 12.5. The first-order valence-electron chi connectivity index (χ1n) is 6.54. The minimum Gasteiger partial charge on any atom is -0.493 e. The summed E-state index contributed by atoms with van der Waals surface area (Å²) in [4.78, 5) is 13.3. The molecule has 7 heteroatoms. The molecule has 2 aromatic rings. The summed E-state index contributed by atoms with van der Waals surface area (Å²) in [5.74, 6) is -0.647. The molecule has 0 radical (unpaired) electrons. The highest BCUT2D eigenvalue weighted by molar-refractivity contribution is 7.09. The van der Waals surface area contributed by atoms with Crippen molar-refractivity contribution in [2.24, 2.45) is 0 Å². The molecule has 0 unspecified atom stereocenters. The van der Waals surface area contributed by atoms with Gasteiger partial charge in [0.2, 0.25) is 0 Å². The summed E-state index contributed by atoms with van der Waals surface area (Å²) in [6.45, 7) is -2.63. The molecule has 0 atom stereocenters. The summed E-state index contributed by atoms with van der Waals surface area (Å²) < 4.78 is 34.4. The molecular formula is C15H15F2NO3S. The number of alkyl halides is 2. The molecule has 0 spiro atoms. The smallest absolute Gasteiger partial charge is 0.387 e. The number of thiophene rings is 1. The lowest BCUT2D eigenvalue weighted by molar-refractivity contribution is -0.0515. The van der Waals surface area contributed by atoms with E-state index < -0.39 is 12.5 Å². The Kier molecular flexibility index (Phi) is 5.71. The minimum atomic E-state index is -3.03. The fourth-order valence-electron chi connectivity index (χ4n) is 1.92. The second-order valence-electron chi connectivity index (χ2n) is 4.30. The summed E-state index contributed by atoms with van der Waals surface area (Å²) in [5, 5.41) is 4.64. The Morgan fingerprint density at radius 3 is 2.77 bits per heavy atom. The highest BCUT2D eigenvalue weighted by Crippen LogP contribution is 2.32. The number of halogens is 2. The van der Waals surface area contributed by atoms with E-state index in [2.05, 4.69) is 10.1 Å². The Morgan fingerprint density at radius 1 is 1.32 bits per heavy atom. The van der Waals surface area contributed by atoms with Gasteiger partial charge in [0.25, 0.3) is 5.91 Å². The molecule has 2 rings (SSSR count). The predicted octanol–water partition coefficient (Wildman–Crippen LogP) is 3.33. The number of para-hydroxylation sites is 1.